The summed E-state index contributed by atoms with van der Waals surface area (Å²) in [5.41, 5.74) is 4.17. The second-order valence-corrected chi connectivity index (χ2v) is 6.38. The first-order valence-electron chi connectivity index (χ1n) is 7.49. The first-order chi connectivity index (χ1) is 12.0. The average Bonchev–Trinajstić information content (AvgIpc) is 2.58. The number of nitrogens with one attached hydrogen (secondary N) is 1. The molecule has 0 aliphatic heterocycles. The molecule has 2 aromatic carbocycles. The van der Waals surface area contributed by atoms with Crippen LogP contribution in [0.4, 0.5) is 5.69 Å². The summed E-state index contributed by atoms with van der Waals surface area (Å²) in [4.78, 5) is 0. The summed E-state index contributed by atoms with van der Waals surface area (Å²) in [6.07, 6.45) is 1.56. The third kappa shape index (κ3) is 5.08. The largest absolute Gasteiger partial charge is 0.491 e. The third-order valence-corrected chi connectivity index (χ3v) is 4.42. The van der Waals surface area contributed by atoms with E-state index in [1.165, 1.54) is 0 Å². The summed E-state index contributed by atoms with van der Waals surface area (Å²) in [7, 11) is 0. The lowest BCUT2D eigenvalue weighted by Gasteiger charge is -2.15. The molecule has 0 aliphatic carbocycles. The summed E-state index contributed by atoms with van der Waals surface area (Å²) in [6.45, 7) is 4.59. The van der Waals surface area contributed by atoms with Crippen LogP contribution in [0.15, 0.2) is 29.4 Å². The predicted molar refractivity (Wildman–Crippen MR) is 106 cm³/mol. The molecular weight excluding hydrogens is 406 g/mol. The molecule has 0 bridgehead atoms. The van der Waals surface area contributed by atoms with Crippen LogP contribution < -0.4 is 14.9 Å². The molecule has 0 unspecified atom stereocenters. The number of hydrogen-bond donors (Lipinski definition) is 1. The van der Waals surface area contributed by atoms with E-state index < -0.39 is 0 Å². The molecule has 25 heavy (non-hydrogen) atoms. The molecule has 0 aliphatic rings. The van der Waals surface area contributed by atoms with Gasteiger partial charge in [0, 0.05) is 5.56 Å². The highest BCUT2D eigenvalue weighted by Gasteiger charge is 2.17. The molecule has 0 atom stereocenters. The zero-order chi connectivity index (χ0) is 18.4. The number of halogens is 4. The van der Waals surface area contributed by atoms with E-state index in [0.717, 1.165) is 0 Å². The molecule has 0 aromatic heterocycles. The van der Waals surface area contributed by atoms with E-state index in [-0.39, 0.29) is 0 Å². The highest BCUT2D eigenvalue weighted by atomic mass is 35.5. The second-order valence-electron chi connectivity index (χ2n) is 4.78. The van der Waals surface area contributed by atoms with Crippen LogP contribution in [0.25, 0.3) is 0 Å². The molecule has 0 fully saturated rings. The third-order valence-electron chi connectivity index (χ3n) is 3.05. The van der Waals surface area contributed by atoms with E-state index in [1.807, 2.05) is 13.8 Å². The Balaban J connectivity index is 2.29. The smallest absolute Gasteiger partial charge is 0.160 e. The number of hydrazone groups is 1. The van der Waals surface area contributed by atoms with Gasteiger partial charge >= 0.3 is 0 Å². The Morgan fingerprint density at radius 1 is 0.920 bits per heavy atom. The van der Waals surface area contributed by atoms with Gasteiger partial charge in [0.15, 0.2) is 11.5 Å². The topological polar surface area (TPSA) is 42.8 Å². The van der Waals surface area contributed by atoms with Crippen molar-refractivity contribution in [1.82, 2.24) is 0 Å². The highest BCUT2D eigenvalue weighted by Crippen LogP contribution is 2.42. The van der Waals surface area contributed by atoms with Gasteiger partial charge in [0.25, 0.3) is 0 Å². The minimum Gasteiger partial charge on any atom is -0.491 e. The molecular formula is C17H16Cl4N2O2. The molecule has 8 heteroatoms. The summed E-state index contributed by atoms with van der Waals surface area (Å²) >= 11 is 24.5. The number of ether oxygens (including phenoxy) is 2. The number of anilines is 1. The van der Waals surface area contributed by atoms with Crippen LogP contribution in [0.5, 0.6) is 11.5 Å². The second kappa shape index (κ2) is 9.39. The number of hydrogen-bond acceptors (Lipinski definition) is 4. The monoisotopic (exact) mass is 420 g/mol. The van der Waals surface area contributed by atoms with Gasteiger partial charge in [-0.1, -0.05) is 46.4 Å². The van der Waals surface area contributed by atoms with Gasteiger partial charge in [-0.15, -0.1) is 0 Å². The van der Waals surface area contributed by atoms with Gasteiger partial charge < -0.3 is 9.47 Å². The van der Waals surface area contributed by atoms with Crippen LogP contribution in [-0.2, 0) is 0 Å². The van der Waals surface area contributed by atoms with Gasteiger partial charge in [-0.05, 0) is 38.1 Å². The average molecular weight is 422 g/mol. The van der Waals surface area contributed by atoms with Crippen LogP contribution in [0.3, 0.4) is 0 Å². The molecule has 0 heterocycles. The zero-order valence-corrected chi connectivity index (χ0v) is 16.6. The zero-order valence-electron chi connectivity index (χ0n) is 13.6. The maximum Gasteiger partial charge on any atom is 0.160 e. The summed E-state index contributed by atoms with van der Waals surface area (Å²) < 4.78 is 11.1. The van der Waals surface area contributed by atoms with Crippen molar-refractivity contribution in [3.8, 4) is 11.5 Å². The van der Waals surface area contributed by atoms with Crippen molar-refractivity contribution in [2.75, 3.05) is 18.6 Å². The van der Waals surface area contributed by atoms with Crippen molar-refractivity contribution >= 4 is 58.3 Å². The number of nitrogens with zero attached hydrogens (tertiary/aromatic N) is 1. The quantitative estimate of drug-likeness (QED) is 0.407. The number of rotatable bonds is 7. The Bertz CT molecular complexity index is 782. The Kier molecular flexibility index (Phi) is 7.51. The van der Waals surface area contributed by atoms with Gasteiger partial charge in [-0.3, -0.25) is 5.43 Å². The van der Waals surface area contributed by atoms with Gasteiger partial charge in [0.05, 0.1) is 40.2 Å². The van der Waals surface area contributed by atoms with Crippen LogP contribution in [0.1, 0.15) is 19.4 Å². The molecule has 4 nitrogen and oxygen atoms in total. The lowest BCUT2D eigenvalue weighted by molar-refractivity contribution is 0.323. The van der Waals surface area contributed by atoms with E-state index in [4.69, 9.17) is 55.9 Å². The maximum absolute atomic E-state index is 6.36. The lowest BCUT2D eigenvalue weighted by atomic mass is 10.2. The Labute approximate surface area is 166 Å². The minimum absolute atomic E-state index is 0.312. The fourth-order valence-corrected chi connectivity index (χ4v) is 2.94. The number of benzene rings is 2. The Hall–Kier alpha value is -1.33. The van der Waals surface area contributed by atoms with Crippen molar-refractivity contribution in [2.45, 2.75) is 13.8 Å². The summed E-state index contributed by atoms with van der Waals surface area (Å²) in [5, 5.41) is 5.77. The predicted octanol–water partition coefficient (Wildman–Crippen LogP) is 6.54. The normalized spacial score (nSPS) is 11.0. The van der Waals surface area contributed by atoms with Gasteiger partial charge in [0.2, 0.25) is 0 Å². The van der Waals surface area contributed by atoms with E-state index in [9.17, 15) is 0 Å². The summed E-state index contributed by atoms with van der Waals surface area (Å²) in [5.74, 6) is 0.848. The minimum atomic E-state index is 0.312. The Morgan fingerprint density at radius 2 is 1.60 bits per heavy atom. The van der Waals surface area contributed by atoms with E-state index in [1.54, 1.807) is 30.5 Å². The molecule has 0 saturated heterocycles. The molecule has 2 aromatic rings. The van der Waals surface area contributed by atoms with Gasteiger partial charge in [-0.25, -0.2) is 0 Å². The molecule has 0 radical (unpaired) electrons. The molecule has 0 saturated carbocycles. The maximum atomic E-state index is 6.36. The Morgan fingerprint density at radius 3 is 2.24 bits per heavy atom. The molecule has 0 amide bonds. The van der Waals surface area contributed by atoms with Gasteiger partial charge in [0.1, 0.15) is 5.02 Å². The molecule has 2 rings (SSSR count). The van der Waals surface area contributed by atoms with Crippen LogP contribution in [0, 0.1) is 0 Å². The first-order valence-corrected chi connectivity index (χ1v) is 9.00. The SMILES string of the molecule is CCOc1c(Cl)cc(C=NNc2ccc(Cl)c(Cl)c2)c(OCC)c1Cl. The van der Waals surface area contributed by atoms with Crippen LogP contribution in [-0.4, -0.2) is 19.4 Å². The highest BCUT2D eigenvalue weighted by molar-refractivity contribution is 6.42. The molecule has 134 valence electrons. The fraction of sp³-hybridized carbons (Fsp3) is 0.235. The van der Waals surface area contributed by atoms with Crippen molar-refractivity contribution in [3.05, 3.63) is 49.9 Å². The van der Waals surface area contributed by atoms with E-state index in [0.29, 0.717) is 56.1 Å². The van der Waals surface area contributed by atoms with Crippen LogP contribution >= 0.6 is 46.4 Å². The first kappa shape index (κ1) is 20.0. The standard InChI is InChI=1S/C17H16Cl4N2O2/c1-3-24-16-10(7-14(20)17(15(16)21)25-4-2)9-22-23-11-5-6-12(18)13(19)8-11/h5-9,23H,3-4H2,1-2H3. The van der Waals surface area contributed by atoms with E-state index in [2.05, 4.69) is 10.5 Å². The van der Waals surface area contributed by atoms with Crippen molar-refractivity contribution in [1.29, 1.82) is 0 Å². The summed E-state index contributed by atoms with van der Waals surface area (Å²) in [6, 6.07) is 6.79. The van der Waals surface area contributed by atoms with Crippen LogP contribution in [0.2, 0.25) is 20.1 Å². The lowest BCUT2D eigenvalue weighted by Crippen LogP contribution is -2.02. The van der Waals surface area contributed by atoms with Gasteiger partial charge in [-0.2, -0.15) is 5.10 Å². The van der Waals surface area contributed by atoms with E-state index >= 15 is 0 Å². The van der Waals surface area contributed by atoms with Crippen molar-refractivity contribution < 1.29 is 9.47 Å². The molecule has 1 N–H and O–H groups in total. The fourth-order valence-electron chi connectivity index (χ4n) is 2.01. The molecule has 0 spiro atoms. The van der Waals surface area contributed by atoms with Crippen molar-refractivity contribution in [3.63, 3.8) is 0 Å². The van der Waals surface area contributed by atoms with Crippen molar-refractivity contribution in [2.24, 2.45) is 5.10 Å².